The van der Waals surface area contributed by atoms with Crippen LogP contribution in [0.2, 0.25) is 0 Å². The summed E-state index contributed by atoms with van der Waals surface area (Å²) in [6, 6.07) is 6.88. The van der Waals surface area contributed by atoms with Crippen LogP contribution >= 0.6 is 0 Å². The number of hydrogen-bond donors (Lipinski definition) is 1. The Morgan fingerprint density at radius 1 is 1.22 bits per heavy atom. The van der Waals surface area contributed by atoms with Crippen molar-refractivity contribution in [1.82, 2.24) is 4.90 Å². The first-order valence-electron chi connectivity index (χ1n) is 6.97. The van der Waals surface area contributed by atoms with Gasteiger partial charge in [-0.3, -0.25) is 4.90 Å². The molecule has 18 heavy (non-hydrogen) atoms. The van der Waals surface area contributed by atoms with Crippen LogP contribution in [-0.2, 0) is 0 Å². The van der Waals surface area contributed by atoms with E-state index >= 15 is 0 Å². The number of nitrogens with zero attached hydrogens (tertiary/aromatic N) is 2. The Bertz CT molecular complexity index is 374. The normalized spacial score (nSPS) is 18.9. The molecule has 1 aliphatic heterocycles. The van der Waals surface area contributed by atoms with Crippen molar-refractivity contribution >= 4 is 11.4 Å². The van der Waals surface area contributed by atoms with Gasteiger partial charge in [0.15, 0.2) is 0 Å². The molecule has 0 radical (unpaired) electrons. The van der Waals surface area contributed by atoms with Crippen molar-refractivity contribution < 1.29 is 0 Å². The lowest BCUT2D eigenvalue weighted by Crippen LogP contribution is -2.49. The lowest BCUT2D eigenvalue weighted by molar-refractivity contribution is 0.193. The molecule has 1 heterocycles. The zero-order valence-corrected chi connectivity index (χ0v) is 11.8. The summed E-state index contributed by atoms with van der Waals surface area (Å²) in [6.45, 7) is 11.2. The number of para-hydroxylation sites is 1. The highest BCUT2D eigenvalue weighted by Gasteiger charge is 2.22. The predicted molar refractivity (Wildman–Crippen MR) is 79.1 cm³/mol. The lowest BCUT2D eigenvalue weighted by Gasteiger charge is -2.39. The molecule has 1 aliphatic rings. The molecule has 0 aromatic heterocycles. The number of hydrogen-bond acceptors (Lipinski definition) is 3. The van der Waals surface area contributed by atoms with E-state index in [9.17, 15) is 0 Å². The van der Waals surface area contributed by atoms with Crippen LogP contribution < -0.4 is 10.6 Å². The first kappa shape index (κ1) is 13.2. The largest absolute Gasteiger partial charge is 0.397 e. The highest BCUT2D eigenvalue weighted by molar-refractivity contribution is 5.71. The van der Waals surface area contributed by atoms with Gasteiger partial charge in [-0.15, -0.1) is 0 Å². The maximum absolute atomic E-state index is 6.12. The summed E-state index contributed by atoms with van der Waals surface area (Å²) in [7, 11) is 0. The second-order valence-corrected chi connectivity index (χ2v) is 5.29. The van der Waals surface area contributed by atoms with E-state index < -0.39 is 0 Å². The molecule has 2 rings (SSSR count). The summed E-state index contributed by atoms with van der Waals surface area (Å²) < 4.78 is 0. The average Bonchev–Trinajstić information content (AvgIpc) is 2.38. The first-order valence-corrected chi connectivity index (χ1v) is 6.97. The van der Waals surface area contributed by atoms with Gasteiger partial charge in [0.1, 0.15) is 0 Å². The molecule has 1 aromatic rings. The molecule has 2 N–H and O–H groups in total. The molecule has 0 saturated carbocycles. The van der Waals surface area contributed by atoms with Gasteiger partial charge >= 0.3 is 0 Å². The number of nitrogens with two attached hydrogens (primary N) is 1. The van der Waals surface area contributed by atoms with Crippen LogP contribution in [0.3, 0.4) is 0 Å². The van der Waals surface area contributed by atoms with Gasteiger partial charge < -0.3 is 10.6 Å². The van der Waals surface area contributed by atoms with E-state index in [1.807, 2.05) is 12.1 Å². The van der Waals surface area contributed by atoms with Gasteiger partial charge in [0, 0.05) is 32.2 Å². The highest BCUT2D eigenvalue weighted by Crippen LogP contribution is 2.28. The van der Waals surface area contributed by atoms with Gasteiger partial charge in [0.25, 0.3) is 0 Å². The van der Waals surface area contributed by atoms with E-state index in [1.165, 1.54) is 17.7 Å². The molecule has 1 aromatic carbocycles. The summed E-state index contributed by atoms with van der Waals surface area (Å²) in [5.41, 5.74) is 9.55. The quantitative estimate of drug-likeness (QED) is 0.833. The Morgan fingerprint density at radius 3 is 2.44 bits per heavy atom. The van der Waals surface area contributed by atoms with Crippen LogP contribution in [0.4, 0.5) is 11.4 Å². The van der Waals surface area contributed by atoms with Crippen LogP contribution in [0, 0.1) is 6.92 Å². The average molecular weight is 247 g/mol. The van der Waals surface area contributed by atoms with Crippen LogP contribution in [0.1, 0.15) is 25.8 Å². The van der Waals surface area contributed by atoms with E-state index in [4.69, 9.17) is 5.73 Å². The van der Waals surface area contributed by atoms with Gasteiger partial charge in [-0.2, -0.15) is 0 Å². The summed E-state index contributed by atoms with van der Waals surface area (Å²) in [5, 5.41) is 0. The fraction of sp³-hybridized carbons (Fsp3) is 0.600. The van der Waals surface area contributed by atoms with Crippen LogP contribution in [0.5, 0.6) is 0 Å². The van der Waals surface area contributed by atoms with Gasteiger partial charge in [-0.05, 0) is 31.9 Å². The van der Waals surface area contributed by atoms with Crippen LogP contribution in [0.25, 0.3) is 0 Å². The van der Waals surface area contributed by atoms with Crippen molar-refractivity contribution in [1.29, 1.82) is 0 Å². The molecule has 1 atom stereocenters. The maximum atomic E-state index is 6.12. The molecule has 3 nitrogen and oxygen atoms in total. The van der Waals surface area contributed by atoms with E-state index in [0.717, 1.165) is 31.9 Å². The molecule has 3 heteroatoms. The third kappa shape index (κ3) is 2.61. The summed E-state index contributed by atoms with van der Waals surface area (Å²) in [4.78, 5) is 5.01. The predicted octanol–water partition coefficient (Wildman–Crippen LogP) is 2.50. The van der Waals surface area contributed by atoms with E-state index in [2.05, 4.69) is 36.6 Å². The first-order chi connectivity index (χ1) is 8.63. The SMILES string of the molecule is CCC(C)N1CCN(c2c(C)cccc2N)CC1. The molecule has 0 bridgehead atoms. The summed E-state index contributed by atoms with van der Waals surface area (Å²) in [5.74, 6) is 0. The molecular weight excluding hydrogens is 222 g/mol. The van der Waals surface area contributed by atoms with Crippen molar-refractivity contribution in [3.05, 3.63) is 23.8 Å². The smallest absolute Gasteiger partial charge is 0.0630 e. The van der Waals surface area contributed by atoms with Gasteiger partial charge in [0.2, 0.25) is 0 Å². The van der Waals surface area contributed by atoms with Gasteiger partial charge in [-0.25, -0.2) is 0 Å². The molecule has 1 saturated heterocycles. The molecule has 0 amide bonds. The Kier molecular flexibility index (Phi) is 4.12. The Morgan fingerprint density at radius 2 is 1.89 bits per heavy atom. The number of aryl methyl sites for hydroxylation is 1. The molecule has 1 fully saturated rings. The highest BCUT2D eigenvalue weighted by atomic mass is 15.3. The van der Waals surface area contributed by atoms with Crippen molar-refractivity contribution in [3.63, 3.8) is 0 Å². The summed E-state index contributed by atoms with van der Waals surface area (Å²) >= 11 is 0. The topological polar surface area (TPSA) is 32.5 Å². The monoisotopic (exact) mass is 247 g/mol. The van der Waals surface area contributed by atoms with Crippen molar-refractivity contribution in [2.24, 2.45) is 0 Å². The Labute approximate surface area is 111 Å². The molecule has 0 spiro atoms. The molecule has 100 valence electrons. The maximum Gasteiger partial charge on any atom is 0.0630 e. The molecule has 1 unspecified atom stereocenters. The van der Waals surface area contributed by atoms with Gasteiger partial charge in [0.05, 0.1) is 11.4 Å². The number of rotatable bonds is 3. The standard InChI is InChI=1S/C15H25N3/c1-4-13(3)17-8-10-18(11-9-17)15-12(2)6-5-7-14(15)16/h5-7,13H,4,8-11,16H2,1-3H3. The number of benzene rings is 1. The van der Waals surface area contributed by atoms with Crippen molar-refractivity contribution in [3.8, 4) is 0 Å². The second kappa shape index (κ2) is 5.61. The third-order valence-corrected chi connectivity index (χ3v) is 4.11. The van der Waals surface area contributed by atoms with Crippen LogP contribution in [0.15, 0.2) is 18.2 Å². The number of nitrogen functional groups attached to an aromatic ring is 1. The zero-order chi connectivity index (χ0) is 13.1. The fourth-order valence-corrected chi connectivity index (χ4v) is 2.76. The number of piperazine rings is 1. The Balaban J connectivity index is 2.06. The van der Waals surface area contributed by atoms with Crippen molar-refractivity contribution in [2.45, 2.75) is 33.2 Å². The Hall–Kier alpha value is -1.22. The fourth-order valence-electron chi connectivity index (χ4n) is 2.76. The summed E-state index contributed by atoms with van der Waals surface area (Å²) in [6.07, 6.45) is 1.23. The van der Waals surface area contributed by atoms with E-state index in [-0.39, 0.29) is 0 Å². The molecule has 0 aliphatic carbocycles. The second-order valence-electron chi connectivity index (χ2n) is 5.29. The minimum absolute atomic E-state index is 0.696. The van der Waals surface area contributed by atoms with E-state index in [1.54, 1.807) is 0 Å². The van der Waals surface area contributed by atoms with Gasteiger partial charge in [-0.1, -0.05) is 19.1 Å². The molecular formula is C15H25N3. The lowest BCUT2D eigenvalue weighted by atomic mass is 10.1. The minimum Gasteiger partial charge on any atom is -0.397 e. The van der Waals surface area contributed by atoms with E-state index in [0.29, 0.717) is 6.04 Å². The zero-order valence-electron chi connectivity index (χ0n) is 11.8. The van der Waals surface area contributed by atoms with Crippen LogP contribution in [-0.4, -0.2) is 37.1 Å². The third-order valence-electron chi connectivity index (χ3n) is 4.11. The minimum atomic E-state index is 0.696. The number of anilines is 2. The van der Waals surface area contributed by atoms with Crippen molar-refractivity contribution in [2.75, 3.05) is 36.8 Å².